The van der Waals surface area contributed by atoms with Gasteiger partial charge in [0.2, 0.25) is 5.88 Å². The lowest BCUT2D eigenvalue weighted by Gasteiger charge is -2.15. The quantitative estimate of drug-likeness (QED) is 0.219. The van der Waals surface area contributed by atoms with Gasteiger partial charge in [0.15, 0.2) is 5.83 Å². The first-order valence-corrected chi connectivity index (χ1v) is 13.4. The first kappa shape index (κ1) is 28.2. The standard InChI is InChI=1S/C29H27BrF2N6O3/c1-14-11-16(36-26(39)15(2)31)5-6-17(14)23-21(22-24(38(23)3)19(30)12-34-25(22)33)20-8-7-18(28(37-20)41-4)27(40)35-13-29(32)9-10-29/h5-8,11-12H,2,9-10,13H2,1,3-4H3,(H2,33,34)(H,35,40)(H,36,39). The van der Waals surface area contributed by atoms with E-state index in [1.807, 2.05) is 18.5 Å². The maximum absolute atomic E-state index is 14.1. The van der Waals surface area contributed by atoms with Crippen LogP contribution in [-0.4, -0.2) is 45.7 Å². The number of benzene rings is 1. The van der Waals surface area contributed by atoms with Gasteiger partial charge in [-0.1, -0.05) is 12.6 Å². The topological polar surface area (TPSA) is 124 Å². The largest absolute Gasteiger partial charge is 0.480 e. The van der Waals surface area contributed by atoms with Gasteiger partial charge in [-0.2, -0.15) is 0 Å². The molecule has 0 spiro atoms. The second-order valence-corrected chi connectivity index (χ2v) is 10.8. The predicted octanol–water partition coefficient (Wildman–Crippen LogP) is 5.62. The molecular formula is C29H27BrF2N6O3. The molecule has 1 aliphatic rings. The van der Waals surface area contributed by atoms with Gasteiger partial charge < -0.3 is 25.7 Å². The average Bonchev–Trinajstić information content (AvgIpc) is 3.60. The van der Waals surface area contributed by atoms with Gasteiger partial charge in [-0.25, -0.2) is 18.7 Å². The molecule has 3 aromatic heterocycles. The van der Waals surface area contributed by atoms with Crippen LogP contribution in [0.15, 0.2) is 53.4 Å². The summed E-state index contributed by atoms with van der Waals surface area (Å²) >= 11 is 3.58. The first-order chi connectivity index (χ1) is 19.4. The van der Waals surface area contributed by atoms with Crippen molar-refractivity contribution in [3.05, 3.63) is 64.5 Å². The van der Waals surface area contributed by atoms with Crippen LogP contribution >= 0.6 is 15.9 Å². The van der Waals surface area contributed by atoms with E-state index in [0.29, 0.717) is 39.6 Å². The molecular weight excluding hydrogens is 598 g/mol. The fraction of sp³-hybridized carbons (Fsp3) is 0.241. The molecule has 3 heterocycles. The highest BCUT2D eigenvalue weighted by Crippen LogP contribution is 2.45. The van der Waals surface area contributed by atoms with Gasteiger partial charge in [0.25, 0.3) is 11.8 Å². The molecule has 0 atom stereocenters. The number of anilines is 2. The van der Waals surface area contributed by atoms with Crippen molar-refractivity contribution in [3.63, 3.8) is 0 Å². The van der Waals surface area contributed by atoms with Crippen LogP contribution in [0.2, 0.25) is 0 Å². The molecule has 212 valence electrons. The highest BCUT2D eigenvalue weighted by Gasteiger charge is 2.43. The van der Waals surface area contributed by atoms with Crippen molar-refractivity contribution < 1.29 is 23.1 Å². The number of aryl methyl sites for hydroxylation is 2. The van der Waals surface area contributed by atoms with Gasteiger partial charge in [0.1, 0.15) is 17.1 Å². The second-order valence-electron chi connectivity index (χ2n) is 9.97. The third-order valence-electron chi connectivity index (χ3n) is 7.09. The summed E-state index contributed by atoms with van der Waals surface area (Å²) in [6, 6.07) is 8.42. The van der Waals surface area contributed by atoms with Crippen LogP contribution in [0.3, 0.4) is 0 Å². The first-order valence-electron chi connectivity index (χ1n) is 12.7. The molecule has 1 aromatic carbocycles. The normalized spacial score (nSPS) is 13.6. The molecule has 4 aromatic rings. The lowest BCUT2D eigenvalue weighted by Crippen LogP contribution is -2.31. The number of ether oxygens (including phenoxy) is 1. The fourth-order valence-electron chi connectivity index (χ4n) is 4.79. The molecule has 2 amide bonds. The Bertz CT molecular complexity index is 1750. The minimum atomic E-state index is -1.35. The summed E-state index contributed by atoms with van der Waals surface area (Å²) in [7, 11) is 3.28. The molecule has 9 nitrogen and oxygen atoms in total. The number of rotatable bonds is 8. The van der Waals surface area contributed by atoms with E-state index in [9.17, 15) is 18.4 Å². The summed E-state index contributed by atoms with van der Waals surface area (Å²) in [5, 5.41) is 5.72. The Labute approximate surface area is 242 Å². The molecule has 0 aliphatic heterocycles. The van der Waals surface area contributed by atoms with Gasteiger partial charge in [-0.3, -0.25) is 9.59 Å². The van der Waals surface area contributed by atoms with Crippen LogP contribution in [0.4, 0.5) is 20.3 Å². The van der Waals surface area contributed by atoms with Crippen molar-refractivity contribution in [2.24, 2.45) is 7.05 Å². The Morgan fingerprint density at radius 1 is 1.27 bits per heavy atom. The van der Waals surface area contributed by atoms with Gasteiger partial charge >= 0.3 is 0 Å². The number of methoxy groups -OCH3 is 1. The molecule has 0 saturated heterocycles. The SMILES string of the molecule is C=C(F)C(=O)Nc1ccc(-c2c(-c3ccc(C(=O)NCC4(F)CC4)c(OC)n3)c3c(N)ncc(Br)c3n2C)c(C)c1. The maximum atomic E-state index is 14.1. The molecule has 4 N–H and O–H groups in total. The van der Waals surface area contributed by atoms with E-state index in [1.165, 1.54) is 7.11 Å². The summed E-state index contributed by atoms with van der Waals surface area (Å²) in [6.07, 6.45) is 2.46. The summed E-state index contributed by atoms with van der Waals surface area (Å²) in [5.74, 6) is -2.18. The smallest absolute Gasteiger partial charge is 0.283 e. The van der Waals surface area contributed by atoms with Crippen LogP contribution in [0, 0.1) is 6.92 Å². The van der Waals surface area contributed by atoms with E-state index in [4.69, 9.17) is 10.5 Å². The molecule has 12 heteroatoms. The van der Waals surface area contributed by atoms with Crippen LogP contribution in [0.5, 0.6) is 5.88 Å². The lowest BCUT2D eigenvalue weighted by molar-refractivity contribution is -0.114. The second kappa shape index (κ2) is 10.6. The van der Waals surface area contributed by atoms with E-state index in [1.54, 1.807) is 36.5 Å². The number of aromatic nitrogens is 3. The average molecular weight is 625 g/mol. The number of nitrogens with zero attached hydrogens (tertiary/aromatic N) is 3. The lowest BCUT2D eigenvalue weighted by atomic mass is 9.98. The van der Waals surface area contributed by atoms with Crippen molar-refractivity contribution in [1.82, 2.24) is 19.9 Å². The zero-order valence-corrected chi connectivity index (χ0v) is 24.2. The third kappa shape index (κ3) is 5.26. The Morgan fingerprint density at radius 2 is 2.00 bits per heavy atom. The van der Waals surface area contributed by atoms with Gasteiger partial charge in [0, 0.05) is 30.1 Å². The highest BCUT2D eigenvalue weighted by molar-refractivity contribution is 9.10. The molecule has 1 saturated carbocycles. The number of halogens is 3. The van der Waals surface area contributed by atoms with Gasteiger partial charge in [-0.15, -0.1) is 0 Å². The van der Waals surface area contributed by atoms with Crippen LogP contribution in [0.25, 0.3) is 33.4 Å². The van der Waals surface area contributed by atoms with E-state index in [0.717, 1.165) is 22.3 Å². The van der Waals surface area contributed by atoms with Crippen LogP contribution < -0.4 is 21.1 Å². The number of nitrogens with two attached hydrogens (primary N) is 1. The highest BCUT2D eigenvalue weighted by atomic mass is 79.9. The number of carbonyl (C=O) groups is 2. The number of nitrogen functional groups attached to an aromatic ring is 1. The van der Waals surface area contributed by atoms with Crippen molar-refractivity contribution in [2.45, 2.75) is 25.4 Å². The fourth-order valence-corrected chi connectivity index (χ4v) is 5.36. The minimum Gasteiger partial charge on any atom is -0.480 e. The van der Waals surface area contributed by atoms with E-state index in [2.05, 4.69) is 43.1 Å². The molecule has 1 fully saturated rings. The summed E-state index contributed by atoms with van der Waals surface area (Å²) in [5.41, 5.74) is 9.76. The maximum Gasteiger partial charge on any atom is 0.283 e. The van der Waals surface area contributed by atoms with Gasteiger partial charge in [-0.05, 0) is 65.5 Å². The van der Waals surface area contributed by atoms with Crippen molar-refractivity contribution in [3.8, 4) is 28.4 Å². The molecule has 0 bridgehead atoms. The van der Waals surface area contributed by atoms with E-state index in [-0.39, 0.29) is 23.8 Å². The van der Waals surface area contributed by atoms with Crippen LogP contribution in [0.1, 0.15) is 28.8 Å². The number of alkyl halides is 1. The van der Waals surface area contributed by atoms with E-state index >= 15 is 0 Å². The molecule has 41 heavy (non-hydrogen) atoms. The predicted molar refractivity (Wildman–Crippen MR) is 157 cm³/mol. The monoisotopic (exact) mass is 624 g/mol. The number of nitrogens with one attached hydrogen (secondary N) is 2. The molecule has 1 aliphatic carbocycles. The zero-order valence-electron chi connectivity index (χ0n) is 22.6. The Morgan fingerprint density at radius 3 is 2.63 bits per heavy atom. The summed E-state index contributed by atoms with van der Waals surface area (Å²) < 4.78 is 35.5. The number of carbonyl (C=O) groups excluding carboxylic acids is 2. The Kier molecular flexibility index (Phi) is 7.28. The molecule has 0 unspecified atom stereocenters. The van der Waals surface area contributed by atoms with Crippen molar-refractivity contribution in [1.29, 1.82) is 0 Å². The Balaban J connectivity index is 1.66. The third-order valence-corrected chi connectivity index (χ3v) is 7.67. The summed E-state index contributed by atoms with van der Waals surface area (Å²) in [4.78, 5) is 33.7. The van der Waals surface area contributed by atoms with Crippen molar-refractivity contribution in [2.75, 3.05) is 24.7 Å². The number of hydrogen-bond acceptors (Lipinski definition) is 6. The van der Waals surface area contributed by atoms with Gasteiger partial charge in [0.05, 0.1) is 40.4 Å². The summed E-state index contributed by atoms with van der Waals surface area (Å²) in [6.45, 7) is 4.81. The van der Waals surface area contributed by atoms with E-state index < -0.39 is 23.3 Å². The Hall–Kier alpha value is -4.32. The molecule has 0 radical (unpaired) electrons. The number of fused-ring (bicyclic) bond motifs is 1. The zero-order chi connectivity index (χ0) is 29.6. The molecule has 5 rings (SSSR count). The number of amides is 2. The number of pyridine rings is 2. The van der Waals surface area contributed by atoms with Crippen molar-refractivity contribution >= 4 is 50.2 Å². The minimum absolute atomic E-state index is 0.0643. The number of hydrogen-bond donors (Lipinski definition) is 3. The van der Waals surface area contributed by atoms with Crippen LogP contribution in [-0.2, 0) is 11.8 Å².